The largest absolute Gasteiger partial charge is 0.341 e. The molecule has 2 nitrogen and oxygen atoms in total. The van der Waals surface area contributed by atoms with Gasteiger partial charge < -0.3 is 4.98 Å². The topological polar surface area (TPSA) is 28.7 Å². The van der Waals surface area contributed by atoms with Crippen LogP contribution in [0.25, 0.3) is 22.5 Å². The van der Waals surface area contributed by atoms with E-state index in [1.54, 1.807) is 11.3 Å². The summed E-state index contributed by atoms with van der Waals surface area (Å²) >= 11 is 8.17. The first-order valence-corrected chi connectivity index (χ1v) is 8.98. The molecule has 0 fully saturated rings. The van der Waals surface area contributed by atoms with E-state index in [1.165, 1.54) is 4.88 Å². The third kappa shape index (κ3) is 3.01. The van der Waals surface area contributed by atoms with E-state index in [9.17, 15) is 0 Å². The van der Waals surface area contributed by atoms with Gasteiger partial charge in [-0.1, -0.05) is 66.2 Å². The van der Waals surface area contributed by atoms with Crippen molar-refractivity contribution < 1.29 is 0 Å². The summed E-state index contributed by atoms with van der Waals surface area (Å²) in [5.41, 5.74) is 3.97. The van der Waals surface area contributed by atoms with E-state index in [0.29, 0.717) is 0 Å². The molecule has 0 aliphatic rings. The van der Waals surface area contributed by atoms with Crippen molar-refractivity contribution in [3.05, 3.63) is 87.8 Å². The van der Waals surface area contributed by atoms with Crippen molar-refractivity contribution in [1.82, 2.24) is 9.97 Å². The van der Waals surface area contributed by atoms with Gasteiger partial charge in [0.15, 0.2) is 0 Å². The summed E-state index contributed by atoms with van der Waals surface area (Å²) in [7, 11) is 0. The number of hydrogen-bond donors (Lipinski definition) is 1. The highest BCUT2D eigenvalue weighted by molar-refractivity contribution is 7.09. The van der Waals surface area contributed by atoms with Gasteiger partial charge >= 0.3 is 0 Å². The standard InChI is InChI=1S/C20H15ClN2S/c21-17-11-5-4-10-16(17)20-19(14-7-2-1-3-8-14)22-18(23-20)13-15-9-6-12-24-15/h1-12H,13H2,(H,22,23). The lowest BCUT2D eigenvalue weighted by Gasteiger charge is -2.05. The number of halogens is 1. The normalized spacial score (nSPS) is 10.9. The predicted octanol–water partition coefficient (Wildman–Crippen LogP) is 6.05. The van der Waals surface area contributed by atoms with Gasteiger partial charge in [0.1, 0.15) is 5.82 Å². The van der Waals surface area contributed by atoms with Crippen molar-refractivity contribution in [1.29, 1.82) is 0 Å². The number of rotatable bonds is 4. The Morgan fingerprint density at radius 3 is 2.46 bits per heavy atom. The molecule has 2 aromatic heterocycles. The van der Waals surface area contributed by atoms with E-state index in [-0.39, 0.29) is 0 Å². The van der Waals surface area contributed by atoms with Gasteiger partial charge in [-0.2, -0.15) is 0 Å². The zero-order valence-corrected chi connectivity index (χ0v) is 14.4. The second-order valence-electron chi connectivity index (χ2n) is 5.51. The molecule has 0 atom stereocenters. The van der Waals surface area contributed by atoms with Crippen LogP contribution >= 0.6 is 22.9 Å². The molecule has 4 aromatic rings. The Balaban J connectivity index is 1.84. The lowest BCUT2D eigenvalue weighted by Crippen LogP contribution is -1.87. The van der Waals surface area contributed by atoms with Crippen LogP contribution in [-0.4, -0.2) is 9.97 Å². The molecule has 0 unspecified atom stereocenters. The molecule has 1 N–H and O–H groups in total. The summed E-state index contributed by atoms with van der Waals surface area (Å²) in [6.45, 7) is 0. The Hall–Kier alpha value is -2.36. The lowest BCUT2D eigenvalue weighted by molar-refractivity contribution is 1.05. The van der Waals surface area contributed by atoms with Crippen molar-refractivity contribution in [3.8, 4) is 22.5 Å². The summed E-state index contributed by atoms with van der Waals surface area (Å²) < 4.78 is 0. The van der Waals surface area contributed by atoms with E-state index < -0.39 is 0 Å². The SMILES string of the molecule is Clc1ccccc1-c1[nH]c(Cc2cccs2)nc1-c1ccccc1. The summed E-state index contributed by atoms with van der Waals surface area (Å²) in [6, 6.07) is 22.3. The summed E-state index contributed by atoms with van der Waals surface area (Å²) in [5, 5.41) is 2.81. The molecule has 0 saturated heterocycles. The minimum Gasteiger partial charge on any atom is -0.341 e. The fraction of sp³-hybridized carbons (Fsp3) is 0.0500. The molecule has 0 amide bonds. The maximum atomic E-state index is 6.42. The van der Waals surface area contributed by atoms with Gasteiger partial charge in [-0.25, -0.2) is 4.98 Å². The van der Waals surface area contributed by atoms with Crippen LogP contribution in [0.5, 0.6) is 0 Å². The Bertz CT molecular complexity index is 943. The number of aromatic amines is 1. The lowest BCUT2D eigenvalue weighted by atomic mass is 10.1. The van der Waals surface area contributed by atoms with Crippen LogP contribution < -0.4 is 0 Å². The summed E-state index contributed by atoms with van der Waals surface area (Å²) in [6.07, 6.45) is 0.794. The van der Waals surface area contributed by atoms with Gasteiger partial charge in [-0.05, 0) is 17.5 Å². The van der Waals surface area contributed by atoms with Crippen LogP contribution in [-0.2, 0) is 6.42 Å². The van der Waals surface area contributed by atoms with E-state index in [0.717, 1.165) is 39.8 Å². The molecule has 0 spiro atoms. The molecule has 4 rings (SSSR count). The van der Waals surface area contributed by atoms with Gasteiger partial charge in [0.2, 0.25) is 0 Å². The molecule has 4 heteroatoms. The van der Waals surface area contributed by atoms with Crippen LogP contribution in [0, 0.1) is 0 Å². The van der Waals surface area contributed by atoms with Crippen LogP contribution in [0.2, 0.25) is 5.02 Å². The fourth-order valence-electron chi connectivity index (χ4n) is 2.75. The molecule has 2 heterocycles. The van der Waals surface area contributed by atoms with Crippen molar-refractivity contribution in [3.63, 3.8) is 0 Å². The minimum atomic E-state index is 0.723. The molecule has 118 valence electrons. The Kier molecular flexibility index (Phi) is 4.20. The van der Waals surface area contributed by atoms with E-state index >= 15 is 0 Å². The zero-order chi connectivity index (χ0) is 16.4. The third-order valence-corrected chi connectivity index (χ3v) is 5.07. The molecule has 0 aliphatic carbocycles. The van der Waals surface area contributed by atoms with Crippen LogP contribution in [0.4, 0.5) is 0 Å². The first-order valence-electron chi connectivity index (χ1n) is 7.73. The Morgan fingerprint density at radius 1 is 0.917 bits per heavy atom. The van der Waals surface area contributed by atoms with Gasteiger partial charge in [0.05, 0.1) is 11.4 Å². The first kappa shape index (κ1) is 15.2. The number of imidazole rings is 1. The average Bonchev–Trinajstić information content (AvgIpc) is 3.26. The highest BCUT2D eigenvalue weighted by Crippen LogP contribution is 2.34. The van der Waals surface area contributed by atoms with Crippen molar-refractivity contribution in [2.45, 2.75) is 6.42 Å². The number of aromatic nitrogens is 2. The highest BCUT2D eigenvalue weighted by Gasteiger charge is 2.16. The number of hydrogen-bond acceptors (Lipinski definition) is 2. The number of thiophene rings is 1. The Morgan fingerprint density at radius 2 is 1.71 bits per heavy atom. The molecular formula is C20H15ClN2S. The predicted molar refractivity (Wildman–Crippen MR) is 102 cm³/mol. The molecular weight excluding hydrogens is 336 g/mol. The molecule has 0 radical (unpaired) electrons. The highest BCUT2D eigenvalue weighted by atomic mass is 35.5. The van der Waals surface area contributed by atoms with Crippen LogP contribution in [0.15, 0.2) is 72.1 Å². The van der Waals surface area contributed by atoms with Crippen molar-refractivity contribution in [2.75, 3.05) is 0 Å². The van der Waals surface area contributed by atoms with E-state index in [4.69, 9.17) is 16.6 Å². The average molecular weight is 351 g/mol. The molecule has 0 aliphatic heterocycles. The number of benzene rings is 2. The monoisotopic (exact) mass is 350 g/mol. The number of nitrogens with one attached hydrogen (secondary N) is 1. The van der Waals surface area contributed by atoms with Crippen LogP contribution in [0.1, 0.15) is 10.7 Å². The van der Waals surface area contributed by atoms with Crippen LogP contribution in [0.3, 0.4) is 0 Å². The van der Waals surface area contributed by atoms with Gasteiger partial charge in [-0.15, -0.1) is 11.3 Å². The van der Waals surface area contributed by atoms with Gasteiger partial charge in [-0.3, -0.25) is 0 Å². The van der Waals surface area contributed by atoms with Crippen molar-refractivity contribution >= 4 is 22.9 Å². The summed E-state index contributed by atoms with van der Waals surface area (Å²) in [5.74, 6) is 0.950. The third-order valence-electron chi connectivity index (χ3n) is 3.87. The second kappa shape index (κ2) is 6.63. The molecule has 0 bridgehead atoms. The number of H-pyrrole nitrogens is 1. The smallest absolute Gasteiger partial charge is 0.112 e. The quantitative estimate of drug-likeness (QED) is 0.477. The second-order valence-corrected chi connectivity index (χ2v) is 6.95. The van der Waals surface area contributed by atoms with Crippen molar-refractivity contribution in [2.24, 2.45) is 0 Å². The van der Waals surface area contributed by atoms with E-state index in [2.05, 4.69) is 34.6 Å². The Labute approximate surface area is 149 Å². The molecule has 2 aromatic carbocycles. The minimum absolute atomic E-state index is 0.723. The maximum absolute atomic E-state index is 6.42. The number of nitrogens with zero attached hydrogens (tertiary/aromatic N) is 1. The fourth-order valence-corrected chi connectivity index (χ4v) is 3.69. The first-order chi connectivity index (χ1) is 11.8. The molecule has 0 saturated carbocycles. The zero-order valence-electron chi connectivity index (χ0n) is 12.9. The van der Waals surface area contributed by atoms with Gasteiger partial charge in [0.25, 0.3) is 0 Å². The van der Waals surface area contributed by atoms with Gasteiger partial charge in [0, 0.05) is 27.4 Å². The summed E-state index contributed by atoms with van der Waals surface area (Å²) in [4.78, 5) is 9.64. The maximum Gasteiger partial charge on any atom is 0.112 e. The molecule has 24 heavy (non-hydrogen) atoms. The van der Waals surface area contributed by atoms with E-state index in [1.807, 2.05) is 42.5 Å².